The van der Waals surface area contributed by atoms with Gasteiger partial charge in [0.15, 0.2) is 11.5 Å². The van der Waals surface area contributed by atoms with Crippen LogP contribution in [0.4, 0.5) is 14.9 Å². The lowest BCUT2D eigenvalue weighted by atomic mass is 9.94. The predicted molar refractivity (Wildman–Crippen MR) is 109 cm³/mol. The van der Waals surface area contributed by atoms with Gasteiger partial charge in [-0.3, -0.25) is 4.79 Å². The number of carbonyl (C=O) groups excluding carboxylic acids is 2. The molecule has 9 heteroatoms. The summed E-state index contributed by atoms with van der Waals surface area (Å²) in [5.41, 5.74) is 1.75. The second-order valence-corrected chi connectivity index (χ2v) is 7.11. The number of anilines is 1. The highest BCUT2D eigenvalue weighted by molar-refractivity contribution is 9.10. The molecule has 152 valence electrons. The molecule has 2 aromatic rings. The molecule has 0 radical (unpaired) electrons. The van der Waals surface area contributed by atoms with Crippen LogP contribution in [0.25, 0.3) is 0 Å². The molecule has 7 nitrogen and oxygen atoms in total. The van der Waals surface area contributed by atoms with Gasteiger partial charge in [0, 0.05) is 15.9 Å². The Hall–Kier alpha value is -3.07. The van der Waals surface area contributed by atoms with Crippen LogP contribution in [0.3, 0.4) is 0 Å². The Morgan fingerprint density at radius 3 is 2.38 bits per heavy atom. The minimum absolute atomic E-state index is 0.307. The van der Waals surface area contributed by atoms with E-state index in [9.17, 15) is 14.0 Å². The molecule has 0 spiro atoms. The Balaban J connectivity index is 2.02. The summed E-state index contributed by atoms with van der Waals surface area (Å²) in [5.74, 6) is 0.112. The predicted octanol–water partition coefficient (Wildman–Crippen LogP) is 3.87. The molecule has 0 aromatic heterocycles. The van der Waals surface area contributed by atoms with Crippen molar-refractivity contribution in [3.05, 3.63) is 63.5 Å². The van der Waals surface area contributed by atoms with E-state index in [1.54, 1.807) is 19.1 Å². The molecule has 1 atom stereocenters. The van der Waals surface area contributed by atoms with E-state index in [1.807, 2.05) is 0 Å². The van der Waals surface area contributed by atoms with Crippen LogP contribution in [-0.2, 0) is 4.79 Å². The molecule has 0 saturated carbocycles. The summed E-state index contributed by atoms with van der Waals surface area (Å²) in [5, 5.41) is 8.10. The molecular formula is C20H19BrFN3O4. The molecule has 0 bridgehead atoms. The Kier molecular flexibility index (Phi) is 6.07. The molecule has 0 fully saturated rings. The first-order valence-electron chi connectivity index (χ1n) is 8.60. The number of hydrogen-bond donors (Lipinski definition) is 3. The third kappa shape index (κ3) is 4.34. The average Bonchev–Trinajstić information content (AvgIpc) is 2.68. The number of nitrogens with one attached hydrogen (secondary N) is 3. The minimum Gasteiger partial charge on any atom is -0.493 e. The molecule has 0 aliphatic carbocycles. The molecule has 1 heterocycles. The normalized spacial score (nSPS) is 16.0. The number of benzene rings is 2. The Morgan fingerprint density at radius 2 is 1.76 bits per heavy atom. The van der Waals surface area contributed by atoms with E-state index in [2.05, 4.69) is 31.9 Å². The topological polar surface area (TPSA) is 88.7 Å². The van der Waals surface area contributed by atoms with Crippen molar-refractivity contribution in [1.82, 2.24) is 10.6 Å². The van der Waals surface area contributed by atoms with E-state index < -0.39 is 23.8 Å². The molecule has 3 rings (SSSR count). The first-order valence-corrected chi connectivity index (χ1v) is 9.40. The van der Waals surface area contributed by atoms with Crippen LogP contribution in [0.1, 0.15) is 18.5 Å². The van der Waals surface area contributed by atoms with Crippen molar-refractivity contribution in [2.75, 3.05) is 19.5 Å². The zero-order valence-corrected chi connectivity index (χ0v) is 17.5. The van der Waals surface area contributed by atoms with E-state index in [0.717, 1.165) is 0 Å². The fourth-order valence-corrected chi connectivity index (χ4v) is 3.60. The molecule has 0 saturated heterocycles. The van der Waals surface area contributed by atoms with Crippen molar-refractivity contribution in [2.24, 2.45) is 0 Å². The third-order valence-electron chi connectivity index (χ3n) is 4.43. The first kappa shape index (κ1) is 20.7. The van der Waals surface area contributed by atoms with E-state index in [1.165, 1.54) is 38.5 Å². The smallest absolute Gasteiger partial charge is 0.319 e. The molecule has 1 aliphatic heterocycles. The summed E-state index contributed by atoms with van der Waals surface area (Å²) in [7, 11) is 3.02. The minimum atomic E-state index is -0.752. The monoisotopic (exact) mass is 463 g/mol. The van der Waals surface area contributed by atoms with Crippen molar-refractivity contribution in [1.29, 1.82) is 0 Å². The van der Waals surface area contributed by atoms with Crippen LogP contribution < -0.4 is 25.4 Å². The second kappa shape index (κ2) is 8.52. The van der Waals surface area contributed by atoms with Crippen LogP contribution in [-0.4, -0.2) is 26.2 Å². The van der Waals surface area contributed by atoms with Crippen LogP contribution >= 0.6 is 15.9 Å². The summed E-state index contributed by atoms with van der Waals surface area (Å²) in [6.07, 6.45) is 0. The number of amides is 3. The lowest BCUT2D eigenvalue weighted by molar-refractivity contribution is -0.113. The van der Waals surface area contributed by atoms with Crippen LogP contribution in [0.2, 0.25) is 0 Å². The van der Waals surface area contributed by atoms with Crippen LogP contribution in [0, 0.1) is 5.82 Å². The van der Waals surface area contributed by atoms with E-state index in [-0.39, 0.29) is 0 Å². The van der Waals surface area contributed by atoms with Crippen molar-refractivity contribution < 1.29 is 23.5 Å². The van der Waals surface area contributed by atoms with Gasteiger partial charge in [0.1, 0.15) is 5.82 Å². The summed E-state index contributed by atoms with van der Waals surface area (Å²) in [6, 6.07) is 7.62. The Morgan fingerprint density at radius 1 is 1.14 bits per heavy atom. The highest BCUT2D eigenvalue weighted by atomic mass is 79.9. The number of hydrogen-bond acceptors (Lipinski definition) is 4. The zero-order valence-electron chi connectivity index (χ0n) is 15.9. The number of methoxy groups -OCH3 is 2. The molecule has 0 unspecified atom stereocenters. The maximum atomic E-state index is 13.1. The maximum absolute atomic E-state index is 13.1. The molecule has 1 aliphatic rings. The highest BCUT2D eigenvalue weighted by Crippen LogP contribution is 2.39. The van der Waals surface area contributed by atoms with Crippen LogP contribution in [0.15, 0.2) is 52.1 Å². The number of urea groups is 1. The quantitative estimate of drug-likeness (QED) is 0.627. The standard InChI is InChI=1S/C20H19BrFN3O4/c1-10-17(19(26)24-12-6-4-11(22)5-7-12)18(25-20(27)23-10)13-8-15(28-2)16(29-3)9-14(13)21/h4-9,18H,1-3H3,(H,24,26)(H2,23,25,27)/t18-/m1/s1. The summed E-state index contributed by atoms with van der Waals surface area (Å²) >= 11 is 3.47. The van der Waals surface area contributed by atoms with Crippen molar-refractivity contribution >= 4 is 33.6 Å². The molecule has 29 heavy (non-hydrogen) atoms. The van der Waals surface area contributed by atoms with Gasteiger partial charge in [-0.25, -0.2) is 9.18 Å². The average molecular weight is 464 g/mol. The lowest BCUT2D eigenvalue weighted by Gasteiger charge is -2.29. The first-order chi connectivity index (χ1) is 13.8. The van der Waals surface area contributed by atoms with Gasteiger partial charge in [-0.05, 0) is 48.9 Å². The third-order valence-corrected chi connectivity index (χ3v) is 5.12. The van der Waals surface area contributed by atoms with Gasteiger partial charge in [0.25, 0.3) is 5.91 Å². The number of carbonyl (C=O) groups is 2. The highest BCUT2D eigenvalue weighted by Gasteiger charge is 2.33. The second-order valence-electron chi connectivity index (χ2n) is 6.26. The zero-order chi connectivity index (χ0) is 21.1. The van der Waals surface area contributed by atoms with E-state index in [0.29, 0.717) is 38.5 Å². The van der Waals surface area contributed by atoms with Gasteiger partial charge in [0.05, 0.1) is 25.8 Å². The fraction of sp³-hybridized carbons (Fsp3) is 0.200. The van der Waals surface area contributed by atoms with E-state index >= 15 is 0 Å². The largest absolute Gasteiger partial charge is 0.493 e. The number of allylic oxidation sites excluding steroid dienone is 1. The van der Waals surface area contributed by atoms with Crippen molar-refractivity contribution in [3.8, 4) is 11.5 Å². The van der Waals surface area contributed by atoms with Gasteiger partial charge < -0.3 is 25.4 Å². The molecule has 2 aromatic carbocycles. The number of ether oxygens (including phenoxy) is 2. The SMILES string of the molecule is COc1cc(Br)c([C@H]2NC(=O)NC(C)=C2C(=O)Nc2ccc(F)cc2)cc1OC. The molecule has 3 N–H and O–H groups in total. The molecular weight excluding hydrogens is 445 g/mol. The molecule has 3 amide bonds. The summed E-state index contributed by atoms with van der Waals surface area (Å²) in [4.78, 5) is 25.1. The van der Waals surface area contributed by atoms with E-state index in [4.69, 9.17) is 9.47 Å². The Bertz CT molecular complexity index is 992. The van der Waals surface area contributed by atoms with Gasteiger partial charge in [-0.2, -0.15) is 0 Å². The Labute approximate surface area is 175 Å². The maximum Gasteiger partial charge on any atom is 0.319 e. The van der Waals surface area contributed by atoms with Crippen LogP contribution in [0.5, 0.6) is 11.5 Å². The van der Waals surface area contributed by atoms with Gasteiger partial charge in [-0.1, -0.05) is 15.9 Å². The van der Waals surface area contributed by atoms with Crippen molar-refractivity contribution in [3.63, 3.8) is 0 Å². The fourth-order valence-electron chi connectivity index (χ4n) is 3.05. The van der Waals surface area contributed by atoms with Gasteiger partial charge >= 0.3 is 6.03 Å². The number of halogens is 2. The van der Waals surface area contributed by atoms with Crippen molar-refractivity contribution in [2.45, 2.75) is 13.0 Å². The summed E-state index contributed by atoms with van der Waals surface area (Å²) in [6.45, 7) is 1.64. The summed E-state index contributed by atoms with van der Waals surface area (Å²) < 4.78 is 24.4. The van der Waals surface area contributed by atoms with Gasteiger partial charge in [0.2, 0.25) is 0 Å². The lowest BCUT2D eigenvalue weighted by Crippen LogP contribution is -2.46. The van der Waals surface area contributed by atoms with Gasteiger partial charge in [-0.15, -0.1) is 0 Å². The number of rotatable bonds is 5.